The zero-order valence-corrected chi connectivity index (χ0v) is 56.8. The molecule has 0 amide bonds. The third kappa shape index (κ3) is 82.5. The maximum absolute atomic E-state index is 11.3. The number of halogens is 4. The highest BCUT2D eigenvalue weighted by molar-refractivity contribution is 9.20. The number of rotatable bonds is 49. The number of aliphatic hydroxyl groups excluding tert-OH is 1. The van der Waals surface area contributed by atoms with Crippen LogP contribution in [0.3, 0.4) is 0 Å². The molecular weight excluding hydrogens is 1180 g/mol. The predicted octanol–water partition coefficient (Wildman–Crippen LogP) is 19.4. The molecule has 0 spiro atoms. The fourth-order valence-electron chi connectivity index (χ4n) is 7.49. The summed E-state index contributed by atoms with van der Waals surface area (Å²) in [6, 6.07) is -0.383. The fraction of sp³-hybridized carbons (Fsp3) is 0.935. The maximum atomic E-state index is 11.3. The third-order valence-electron chi connectivity index (χ3n) is 12.9. The van der Waals surface area contributed by atoms with Gasteiger partial charge in [-0.15, -0.1) is 12.4 Å². The SMILES string of the molecule is CC(Br)C(=O)Br.CCCCCCCCCCCCO.CCCCCCCCCCCCOC(=O)C(C)Br.CCCCCCCCCCCCOC(=O)C(C)NC.CCCCCCCCCCCCOC(=O)C(C)NC.Cl. The monoisotopic (exact) mass is 1300 g/mol. The van der Waals surface area contributed by atoms with Gasteiger partial charge in [0.2, 0.25) is 4.69 Å². The van der Waals surface area contributed by atoms with Crippen LogP contribution in [-0.4, -0.2) is 90.0 Å². The van der Waals surface area contributed by atoms with E-state index in [2.05, 4.69) is 86.1 Å². The van der Waals surface area contributed by atoms with Gasteiger partial charge in [0.05, 0.1) is 24.6 Å². The number of aliphatic hydroxyl groups is 1. The Morgan fingerprint density at radius 1 is 0.355 bits per heavy atom. The van der Waals surface area contributed by atoms with Crippen molar-refractivity contribution < 1.29 is 38.5 Å². The van der Waals surface area contributed by atoms with Gasteiger partial charge in [-0.1, -0.05) is 291 Å². The van der Waals surface area contributed by atoms with Crippen LogP contribution >= 0.6 is 60.2 Å². The van der Waals surface area contributed by atoms with E-state index in [1.807, 2.05) is 13.8 Å². The second-order valence-corrected chi connectivity index (χ2v) is 24.0. The Labute approximate surface area is 503 Å². The number of nitrogens with one attached hydrogen (secondary N) is 2. The zero-order valence-electron chi connectivity index (χ0n) is 51.3. The van der Waals surface area contributed by atoms with Gasteiger partial charge in [0.25, 0.3) is 0 Å². The minimum absolute atomic E-state index is 0. The molecule has 460 valence electrons. The molecule has 0 rings (SSSR count). The first-order valence-electron chi connectivity index (χ1n) is 31.1. The summed E-state index contributed by atoms with van der Waals surface area (Å²) in [5, 5.41) is 14.3. The number of ether oxygens (including phenoxy) is 3. The number of likely N-dealkylation sites (N-methyl/N-ethyl adjacent to an activating group) is 2. The van der Waals surface area contributed by atoms with Crippen LogP contribution in [-0.2, 0) is 33.4 Å². The average molecular weight is 1300 g/mol. The molecule has 0 aromatic rings. The minimum Gasteiger partial charge on any atom is -0.465 e. The number of unbranched alkanes of at least 4 members (excludes halogenated alkanes) is 36. The van der Waals surface area contributed by atoms with Crippen molar-refractivity contribution in [3.63, 3.8) is 0 Å². The van der Waals surface area contributed by atoms with E-state index in [0.717, 1.165) is 25.7 Å². The first-order valence-corrected chi connectivity index (χ1v) is 33.7. The molecule has 3 N–H and O–H groups in total. The summed E-state index contributed by atoms with van der Waals surface area (Å²) in [5.74, 6) is -0.428. The van der Waals surface area contributed by atoms with Crippen molar-refractivity contribution in [3.8, 4) is 0 Å². The molecule has 76 heavy (non-hydrogen) atoms. The normalized spacial score (nSPS) is 12.0. The van der Waals surface area contributed by atoms with E-state index in [9.17, 15) is 19.2 Å². The van der Waals surface area contributed by atoms with E-state index < -0.39 is 0 Å². The molecular formula is C62H126Br3ClN2O8. The van der Waals surface area contributed by atoms with Crippen LogP contribution in [0.25, 0.3) is 0 Å². The van der Waals surface area contributed by atoms with Gasteiger partial charge in [-0.3, -0.25) is 19.2 Å². The topological polar surface area (TPSA) is 140 Å². The lowest BCUT2D eigenvalue weighted by Crippen LogP contribution is -2.32. The predicted molar refractivity (Wildman–Crippen MR) is 342 cm³/mol. The van der Waals surface area contributed by atoms with Gasteiger partial charge in [-0.05, 0) is 83.4 Å². The summed E-state index contributed by atoms with van der Waals surface area (Å²) in [4.78, 5) is 43.6. The Kier molecular flexibility index (Phi) is 87.8. The molecule has 10 nitrogen and oxygen atoms in total. The summed E-state index contributed by atoms with van der Waals surface area (Å²) in [7, 11) is 3.54. The van der Waals surface area contributed by atoms with Crippen molar-refractivity contribution in [2.24, 2.45) is 0 Å². The molecule has 0 aromatic heterocycles. The second kappa shape index (κ2) is 76.8. The van der Waals surface area contributed by atoms with Crippen LogP contribution in [0.4, 0.5) is 0 Å². The van der Waals surface area contributed by atoms with E-state index in [1.54, 1.807) is 27.9 Å². The lowest BCUT2D eigenvalue weighted by Gasteiger charge is -2.09. The molecule has 0 saturated heterocycles. The van der Waals surface area contributed by atoms with E-state index in [0.29, 0.717) is 26.4 Å². The van der Waals surface area contributed by atoms with Gasteiger partial charge in [0, 0.05) is 6.61 Å². The lowest BCUT2D eigenvalue weighted by atomic mass is 10.1. The van der Waals surface area contributed by atoms with Gasteiger partial charge in [-0.25, -0.2) is 0 Å². The third-order valence-corrected chi connectivity index (χ3v) is 15.0. The van der Waals surface area contributed by atoms with Crippen LogP contribution in [0.1, 0.15) is 312 Å². The molecule has 0 aromatic carbocycles. The Morgan fingerprint density at radius 2 is 0.539 bits per heavy atom. The van der Waals surface area contributed by atoms with E-state index >= 15 is 0 Å². The molecule has 0 saturated carbocycles. The summed E-state index contributed by atoms with van der Waals surface area (Å²) >= 11 is 8.99. The second-order valence-electron chi connectivity index (χ2n) is 20.5. The Balaban J connectivity index is -0.000000208. The summed E-state index contributed by atoms with van der Waals surface area (Å²) in [6.45, 7) is 18.3. The van der Waals surface area contributed by atoms with Crippen molar-refractivity contribution in [2.75, 3.05) is 40.5 Å². The summed E-state index contributed by atoms with van der Waals surface area (Å²) in [5.41, 5.74) is 0. The minimum atomic E-state index is -0.192. The number of carbonyl (C=O) groups is 4. The van der Waals surface area contributed by atoms with E-state index in [4.69, 9.17) is 19.3 Å². The number of carbonyl (C=O) groups excluding carboxylic acids is 4. The molecule has 0 aliphatic rings. The molecule has 0 aliphatic carbocycles. The highest BCUT2D eigenvalue weighted by Crippen LogP contribution is 2.14. The number of alkyl halides is 2. The molecule has 14 heteroatoms. The molecule has 0 bridgehead atoms. The quantitative estimate of drug-likeness (QED) is 0.0177. The molecule has 4 unspecified atom stereocenters. The number of hydrogen-bond acceptors (Lipinski definition) is 10. The van der Waals surface area contributed by atoms with Crippen molar-refractivity contribution in [2.45, 2.75) is 334 Å². The molecule has 0 heterocycles. The van der Waals surface area contributed by atoms with Crippen LogP contribution in [0.5, 0.6) is 0 Å². The van der Waals surface area contributed by atoms with Gasteiger partial charge in [0.1, 0.15) is 16.9 Å². The first-order chi connectivity index (χ1) is 36.2. The van der Waals surface area contributed by atoms with E-state index in [-0.39, 0.29) is 56.7 Å². The molecule has 0 aliphatic heterocycles. The summed E-state index contributed by atoms with van der Waals surface area (Å²) in [6.07, 6.45) is 52.4. The van der Waals surface area contributed by atoms with Gasteiger partial charge in [-0.2, -0.15) is 0 Å². The zero-order chi connectivity index (χ0) is 57.3. The Hall–Kier alpha value is -0.310. The Morgan fingerprint density at radius 3 is 0.711 bits per heavy atom. The van der Waals surface area contributed by atoms with Crippen molar-refractivity contribution in [1.29, 1.82) is 0 Å². The standard InChI is InChI=1S/2C16H33NO2.C15H29BrO2.C12H26O.C3H4Br2O.ClH/c2*1-4-5-6-7-8-9-10-11-12-13-14-19-16(18)15(2)17-3;1-3-4-5-6-7-8-9-10-11-12-13-18-15(17)14(2)16;1-2-3-4-5-6-7-8-9-10-11-12-13;1-2(4)3(5)6;/h2*15,17H,4-14H2,1-3H3;14H,3-13H2,1-2H3;13H,2-12H2,1H3;2H,1H3;1H. The van der Waals surface area contributed by atoms with Gasteiger partial charge in [0.15, 0.2) is 0 Å². The van der Waals surface area contributed by atoms with Crippen molar-refractivity contribution in [1.82, 2.24) is 10.6 Å². The largest absolute Gasteiger partial charge is 0.465 e. The van der Waals surface area contributed by atoms with Gasteiger partial charge < -0.3 is 30.0 Å². The van der Waals surface area contributed by atoms with Crippen LogP contribution in [0.15, 0.2) is 0 Å². The fourth-order valence-corrected chi connectivity index (χ4v) is 7.62. The summed E-state index contributed by atoms with van der Waals surface area (Å²) < 4.78 is 15.4. The number of hydrogen-bond donors (Lipinski definition) is 3. The van der Waals surface area contributed by atoms with E-state index in [1.165, 1.54) is 231 Å². The smallest absolute Gasteiger partial charge is 0.322 e. The first kappa shape index (κ1) is 86.9. The highest BCUT2D eigenvalue weighted by atomic mass is 79.9. The highest BCUT2D eigenvalue weighted by Gasteiger charge is 2.12. The molecule has 0 fully saturated rings. The molecule has 4 atom stereocenters. The van der Waals surface area contributed by atoms with Crippen LogP contribution in [0.2, 0.25) is 0 Å². The lowest BCUT2D eigenvalue weighted by molar-refractivity contribution is -0.146. The van der Waals surface area contributed by atoms with Gasteiger partial charge >= 0.3 is 17.9 Å². The Bertz CT molecular complexity index is 1090. The average Bonchev–Trinajstić information content (AvgIpc) is 3.40. The molecule has 0 radical (unpaired) electrons. The van der Waals surface area contributed by atoms with Crippen LogP contribution in [0, 0.1) is 0 Å². The maximum Gasteiger partial charge on any atom is 0.322 e. The van der Waals surface area contributed by atoms with Crippen molar-refractivity contribution in [3.05, 3.63) is 0 Å². The number of esters is 3. The van der Waals surface area contributed by atoms with Crippen molar-refractivity contribution >= 4 is 82.8 Å². The van der Waals surface area contributed by atoms with Crippen LogP contribution < -0.4 is 10.6 Å².